The second-order valence-electron chi connectivity index (χ2n) is 7.70. The highest BCUT2D eigenvalue weighted by molar-refractivity contribution is 8.09. The van der Waals surface area contributed by atoms with Crippen molar-refractivity contribution in [3.05, 3.63) is 91.0 Å². The van der Waals surface area contributed by atoms with Crippen molar-refractivity contribution in [3.63, 3.8) is 0 Å². The largest absolute Gasteiger partial charge is 0.377 e. The first-order valence-electron chi connectivity index (χ1n) is 9.61. The summed E-state index contributed by atoms with van der Waals surface area (Å²) in [7, 11) is -2.83. The van der Waals surface area contributed by atoms with Crippen LogP contribution in [-0.2, 0) is 4.57 Å². The van der Waals surface area contributed by atoms with Crippen LogP contribution in [-0.4, -0.2) is 6.57 Å². The van der Waals surface area contributed by atoms with Gasteiger partial charge in [-0.25, -0.2) is 0 Å². The molecule has 3 aliphatic heterocycles. The maximum absolute atomic E-state index is 15.0. The summed E-state index contributed by atoms with van der Waals surface area (Å²) in [4.78, 5) is 2.34. The third-order valence-corrected chi connectivity index (χ3v) is 9.88. The van der Waals surface area contributed by atoms with E-state index in [9.17, 15) is 4.57 Å². The molecule has 0 N–H and O–H groups in total. The fourth-order valence-corrected chi connectivity index (χ4v) is 9.30. The average molecular weight is 375 g/mol. The van der Waals surface area contributed by atoms with E-state index in [0.29, 0.717) is 0 Å². The van der Waals surface area contributed by atoms with E-state index in [1.165, 1.54) is 16.6 Å². The predicted molar refractivity (Wildman–Crippen MR) is 118 cm³/mol. The van der Waals surface area contributed by atoms with Crippen LogP contribution in [0.3, 0.4) is 0 Å². The van der Waals surface area contributed by atoms with E-state index >= 15 is 0 Å². The first-order chi connectivity index (χ1) is 13.8. The molecule has 3 heterocycles. The zero-order chi connectivity index (χ0) is 18.5. The van der Waals surface area contributed by atoms with Crippen LogP contribution >= 0.6 is 7.02 Å². The van der Waals surface area contributed by atoms with Gasteiger partial charge in [-0.15, -0.1) is 0 Å². The lowest BCUT2D eigenvalue weighted by molar-refractivity contribution is 0.595. The highest BCUT2D eigenvalue weighted by atomic mass is 31.2. The van der Waals surface area contributed by atoms with Crippen LogP contribution in [0.2, 0.25) is 0 Å². The molecule has 0 aliphatic carbocycles. The number of nitrogens with zero attached hydrogens (tertiary/aromatic N) is 1. The van der Waals surface area contributed by atoms with Crippen molar-refractivity contribution >= 4 is 41.0 Å². The molecule has 0 saturated carbocycles. The van der Waals surface area contributed by atoms with Crippen LogP contribution < -0.4 is 20.9 Å². The van der Waals surface area contributed by atoms with E-state index in [2.05, 4.69) is 89.7 Å². The number of rotatable bonds is 0. The number of anilines is 2. The lowest BCUT2D eigenvalue weighted by Gasteiger charge is -2.35. The molecule has 0 spiro atoms. The van der Waals surface area contributed by atoms with E-state index in [4.69, 9.17) is 0 Å². The Morgan fingerprint density at radius 1 is 0.607 bits per heavy atom. The molecule has 28 heavy (non-hydrogen) atoms. The number of hydrogen-bond donors (Lipinski definition) is 0. The van der Waals surface area contributed by atoms with E-state index in [0.717, 1.165) is 33.1 Å². The van der Waals surface area contributed by atoms with Gasteiger partial charge in [0, 0.05) is 27.5 Å². The summed E-state index contributed by atoms with van der Waals surface area (Å²) >= 11 is 0. The van der Waals surface area contributed by atoms with Gasteiger partial charge in [-0.2, -0.15) is 0 Å². The summed E-state index contributed by atoms with van der Waals surface area (Å²) in [6.45, 7) is -0.168. The summed E-state index contributed by atoms with van der Waals surface area (Å²) < 4.78 is 15.0. The van der Waals surface area contributed by atoms with Gasteiger partial charge in [0.2, 0.25) is 0 Å². The second kappa shape index (κ2) is 4.87. The van der Waals surface area contributed by atoms with Gasteiger partial charge in [-0.05, 0) is 34.3 Å². The van der Waals surface area contributed by atoms with Crippen molar-refractivity contribution in [1.82, 2.24) is 0 Å². The number of hydrogen-bond acceptors (Lipinski definition) is 2. The second-order valence-corrected chi connectivity index (χ2v) is 10.4. The van der Waals surface area contributed by atoms with Crippen molar-refractivity contribution in [2.45, 2.75) is 0 Å². The van der Waals surface area contributed by atoms with Crippen LogP contribution in [0.1, 0.15) is 0 Å². The minimum Gasteiger partial charge on any atom is -0.373 e. The quantitative estimate of drug-likeness (QED) is 0.333. The maximum Gasteiger partial charge on any atom is 0.377 e. The van der Waals surface area contributed by atoms with Crippen LogP contribution in [0.25, 0.3) is 22.3 Å². The Hall–Kier alpha value is -3.03. The van der Waals surface area contributed by atoms with Crippen molar-refractivity contribution in [3.8, 4) is 22.3 Å². The third-order valence-electron chi connectivity index (χ3n) is 6.44. The first-order valence-corrected chi connectivity index (χ1v) is 11.4. The number of benzene rings is 4. The zero-order valence-electron chi connectivity index (χ0n) is 15.0. The predicted octanol–water partition coefficient (Wildman–Crippen LogP) is 4.51. The van der Waals surface area contributed by atoms with Crippen molar-refractivity contribution in [2.24, 2.45) is 0 Å². The molecule has 0 radical (unpaired) electrons. The topological polar surface area (TPSA) is 20.3 Å². The lowest BCUT2D eigenvalue weighted by Crippen LogP contribution is -2.47. The Balaban J connectivity index is 1.68. The first kappa shape index (κ1) is 15.0. The summed E-state index contributed by atoms with van der Waals surface area (Å²) in [5, 5.41) is 2.06. The molecule has 0 aromatic heterocycles. The normalized spacial score (nSPS) is 19.6. The van der Waals surface area contributed by atoms with Gasteiger partial charge in [0.25, 0.3) is 0 Å². The van der Waals surface area contributed by atoms with Crippen LogP contribution in [0.4, 0.5) is 11.4 Å². The van der Waals surface area contributed by atoms with Crippen LogP contribution in [0, 0.1) is 0 Å². The Morgan fingerprint density at radius 2 is 1.25 bits per heavy atom. The molecule has 4 heteroatoms. The van der Waals surface area contributed by atoms with Gasteiger partial charge in [0.05, 0.1) is 0 Å². The average Bonchev–Trinajstić information content (AvgIpc) is 3.19. The molecule has 0 amide bonds. The fourth-order valence-electron chi connectivity index (χ4n) is 5.43. The van der Waals surface area contributed by atoms with E-state index in [1.807, 2.05) is 6.07 Å². The van der Waals surface area contributed by atoms with Gasteiger partial charge in [-0.3, -0.25) is 0 Å². The van der Waals surface area contributed by atoms with Crippen LogP contribution in [0.5, 0.6) is 0 Å². The van der Waals surface area contributed by atoms with E-state index < -0.39 is 7.02 Å². The minimum atomic E-state index is -2.83. The molecule has 1 unspecified atom stereocenters. The molecule has 7 rings (SSSR count). The Bertz CT molecular complexity index is 1380. The lowest BCUT2D eigenvalue weighted by atomic mass is 9.69. The van der Waals surface area contributed by atoms with Gasteiger partial charge < -0.3 is 9.38 Å². The monoisotopic (exact) mass is 375 g/mol. The third kappa shape index (κ3) is 1.50. The Kier molecular flexibility index (Phi) is 2.60. The Labute approximate surface area is 163 Å². The molecule has 0 bridgehead atoms. The summed E-state index contributed by atoms with van der Waals surface area (Å²) in [6.07, 6.45) is 0. The molecule has 4 aromatic rings. The van der Waals surface area contributed by atoms with Gasteiger partial charge in [-0.1, -0.05) is 78.9 Å². The molecule has 4 aromatic carbocycles. The number of fused-ring (bicyclic) bond motifs is 11. The van der Waals surface area contributed by atoms with Crippen molar-refractivity contribution in [2.75, 3.05) is 4.81 Å². The highest BCUT2D eigenvalue weighted by Gasteiger charge is 2.60. The van der Waals surface area contributed by atoms with Gasteiger partial charge in [0.1, 0.15) is 7.02 Å². The van der Waals surface area contributed by atoms with E-state index in [1.54, 1.807) is 0 Å². The molecule has 130 valence electrons. The van der Waals surface area contributed by atoms with Crippen molar-refractivity contribution < 1.29 is 4.57 Å². The van der Waals surface area contributed by atoms with E-state index in [-0.39, 0.29) is 6.57 Å². The van der Waals surface area contributed by atoms with Gasteiger partial charge >= 0.3 is 6.57 Å². The molecule has 0 fully saturated rings. The molecule has 2 nitrogen and oxygen atoms in total. The molecule has 0 saturated heterocycles. The molecule has 1 atom stereocenters. The standard InChI is InChI=1S/C24H15BNOP/c27-28-23-15-6-3-10-18(23)19-11-7-14-22(24(19)28)26-21-13-5-2-9-17(21)16-8-1-4-12-20(16)25(26)28/h1-15H. The fraction of sp³-hybridized carbons (Fsp3) is 0. The Morgan fingerprint density at radius 3 is 2.14 bits per heavy atom. The summed E-state index contributed by atoms with van der Waals surface area (Å²) in [6, 6.07) is 31.6. The van der Waals surface area contributed by atoms with Crippen LogP contribution in [0.15, 0.2) is 91.0 Å². The molecular weight excluding hydrogens is 360 g/mol. The number of para-hydroxylation sites is 1. The highest BCUT2D eigenvalue weighted by Crippen LogP contribution is 2.65. The summed E-state index contributed by atoms with van der Waals surface area (Å²) in [5.41, 5.74) is 8.12. The zero-order valence-corrected chi connectivity index (χ0v) is 15.9. The van der Waals surface area contributed by atoms with Gasteiger partial charge in [0.15, 0.2) is 0 Å². The van der Waals surface area contributed by atoms with Crippen molar-refractivity contribution in [1.29, 1.82) is 0 Å². The molecular formula is C24H15BNOP. The smallest absolute Gasteiger partial charge is 0.373 e. The minimum absolute atomic E-state index is 0.168. The SMILES string of the molecule is O=P12B3c4ccccc4-c4ccccc4N3c3cccc(c31)-c1ccccc12. The summed E-state index contributed by atoms with van der Waals surface area (Å²) in [5.74, 6) is 0. The maximum atomic E-state index is 15.0. The molecule has 3 aliphatic rings.